The molecule has 0 N–H and O–H groups in total. The van der Waals surface area contributed by atoms with Crippen molar-refractivity contribution in [1.29, 1.82) is 0 Å². The van der Waals surface area contributed by atoms with E-state index in [4.69, 9.17) is 4.74 Å². The number of rotatable bonds is 3. The molecular formula is C9H10FNO3. The summed E-state index contributed by atoms with van der Waals surface area (Å²) in [5, 5.41) is 0. The number of pyridine rings is 1. The molecule has 76 valence electrons. The lowest BCUT2D eigenvalue weighted by Crippen LogP contribution is -2.08. The lowest BCUT2D eigenvalue weighted by atomic mass is 10.2. The predicted octanol–water partition coefficient (Wildman–Crippen LogP) is 0.945. The zero-order chi connectivity index (χ0) is 10.6. The summed E-state index contributed by atoms with van der Waals surface area (Å²) in [7, 11) is 2.58. The number of carbonyl (C=O) groups is 1. The minimum atomic E-state index is -0.625. The third kappa shape index (κ3) is 2.18. The molecule has 4 nitrogen and oxygen atoms in total. The molecule has 14 heavy (non-hydrogen) atoms. The standard InChI is InChI=1S/C9H10FNO3/c1-13-7-3-4-11-6(9(7)10)5-8(12)14-2/h3-4H,5H2,1-2H3. The van der Waals surface area contributed by atoms with E-state index in [0.717, 1.165) is 0 Å². The molecule has 0 spiro atoms. The molecule has 0 saturated heterocycles. The second kappa shape index (κ2) is 4.55. The molecule has 5 heteroatoms. The van der Waals surface area contributed by atoms with Gasteiger partial charge in [-0.05, 0) is 0 Å². The number of ether oxygens (including phenoxy) is 2. The van der Waals surface area contributed by atoms with E-state index in [1.165, 1.54) is 26.5 Å². The molecule has 0 radical (unpaired) electrons. The van der Waals surface area contributed by atoms with Gasteiger partial charge in [-0.2, -0.15) is 0 Å². The van der Waals surface area contributed by atoms with Gasteiger partial charge in [-0.3, -0.25) is 9.78 Å². The van der Waals surface area contributed by atoms with Gasteiger partial charge in [-0.25, -0.2) is 4.39 Å². The number of aromatic nitrogens is 1. The first-order valence-electron chi connectivity index (χ1n) is 3.93. The van der Waals surface area contributed by atoms with Crippen LogP contribution in [0, 0.1) is 5.82 Å². The molecule has 0 aromatic carbocycles. The lowest BCUT2D eigenvalue weighted by molar-refractivity contribution is -0.139. The minimum Gasteiger partial charge on any atom is -0.494 e. The topological polar surface area (TPSA) is 48.4 Å². The maximum absolute atomic E-state index is 13.4. The largest absolute Gasteiger partial charge is 0.494 e. The molecule has 0 aliphatic heterocycles. The summed E-state index contributed by atoms with van der Waals surface area (Å²) in [5.74, 6) is -1.09. The van der Waals surface area contributed by atoms with Crippen LogP contribution in [-0.2, 0) is 16.0 Å². The summed E-state index contributed by atoms with van der Waals surface area (Å²) in [4.78, 5) is 14.6. The second-order valence-corrected chi connectivity index (χ2v) is 2.53. The van der Waals surface area contributed by atoms with Crippen molar-refractivity contribution in [2.45, 2.75) is 6.42 Å². The summed E-state index contributed by atoms with van der Waals surface area (Å²) in [6.45, 7) is 0. The van der Waals surface area contributed by atoms with Crippen molar-refractivity contribution in [3.63, 3.8) is 0 Å². The number of halogens is 1. The van der Waals surface area contributed by atoms with Gasteiger partial charge in [0.15, 0.2) is 11.6 Å². The zero-order valence-electron chi connectivity index (χ0n) is 7.91. The average Bonchev–Trinajstić information content (AvgIpc) is 2.21. The Bertz CT molecular complexity index is 341. The van der Waals surface area contributed by atoms with E-state index in [9.17, 15) is 9.18 Å². The molecular weight excluding hydrogens is 189 g/mol. The van der Waals surface area contributed by atoms with Gasteiger partial charge in [0.1, 0.15) is 0 Å². The Hall–Kier alpha value is -1.65. The average molecular weight is 199 g/mol. The quantitative estimate of drug-likeness (QED) is 0.680. The smallest absolute Gasteiger partial charge is 0.311 e. The molecule has 0 unspecified atom stereocenters. The molecule has 0 fully saturated rings. The zero-order valence-corrected chi connectivity index (χ0v) is 7.91. The first-order valence-corrected chi connectivity index (χ1v) is 3.93. The van der Waals surface area contributed by atoms with Crippen LogP contribution in [0.15, 0.2) is 12.3 Å². The van der Waals surface area contributed by atoms with E-state index in [1.807, 2.05) is 0 Å². The lowest BCUT2D eigenvalue weighted by Gasteiger charge is -2.04. The van der Waals surface area contributed by atoms with Crippen LogP contribution in [0.3, 0.4) is 0 Å². The van der Waals surface area contributed by atoms with Gasteiger partial charge in [-0.15, -0.1) is 0 Å². The predicted molar refractivity (Wildman–Crippen MR) is 46.5 cm³/mol. The van der Waals surface area contributed by atoms with Crippen molar-refractivity contribution in [2.75, 3.05) is 14.2 Å². The van der Waals surface area contributed by atoms with Crippen LogP contribution < -0.4 is 4.74 Å². The van der Waals surface area contributed by atoms with Crippen LogP contribution in [0.4, 0.5) is 4.39 Å². The number of methoxy groups -OCH3 is 2. The van der Waals surface area contributed by atoms with Gasteiger partial charge >= 0.3 is 5.97 Å². The summed E-state index contributed by atoms with van der Waals surface area (Å²) in [6.07, 6.45) is 1.18. The molecule has 1 aromatic heterocycles. The Labute approximate surface area is 80.7 Å². The summed E-state index contributed by atoms with van der Waals surface area (Å²) in [5.41, 5.74) is 0.0243. The molecule has 0 aliphatic rings. The Kier molecular flexibility index (Phi) is 3.39. The Morgan fingerprint density at radius 1 is 1.57 bits per heavy atom. The monoisotopic (exact) mass is 199 g/mol. The maximum atomic E-state index is 13.4. The van der Waals surface area contributed by atoms with E-state index in [2.05, 4.69) is 9.72 Å². The summed E-state index contributed by atoms with van der Waals surface area (Å²) < 4.78 is 22.5. The molecule has 1 heterocycles. The van der Waals surface area contributed by atoms with Crippen LogP contribution in [-0.4, -0.2) is 25.2 Å². The van der Waals surface area contributed by atoms with Crippen molar-refractivity contribution in [1.82, 2.24) is 4.98 Å². The molecule has 1 aromatic rings. The van der Waals surface area contributed by atoms with Crippen molar-refractivity contribution in [3.8, 4) is 5.75 Å². The van der Waals surface area contributed by atoms with Crippen LogP contribution in [0.2, 0.25) is 0 Å². The molecule has 0 bridgehead atoms. The maximum Gasteiger partial charge on any atom is 0.311 e. The van der Waals surface area contributed by atoms with Gasteiger partial charge in [0.2, 0.25) is 0 Å². The molecule has 0 atom stereocenters. The normalized spacial score (nSPS) is 9.64. The van der Waals surface area contributed by atoms with Crippen molar-refractivity contribution < 1.29 is 18.7 Å². The second-order valence-electron chi connectivity index (χ2n) is 2.53. The first kappa shape index (κ1) is 10.4. The van der Waals surface area contributed by atoms with E-state index >= 15 is 0 Å². The molecule has 0 saturated carbocycles. The number of nitrogens with zero attached hydrogens (tertiary/aromatic N) is 1. The molecule has 1 rings (SSSR count). The van der Waals surface area contributed by atoms with E-state index in [1.54, 1.807) is 0 Å². The number of hydrogen-bond acceptors (Lipinski definition) is 4. The first-order chi connectivity index (χ1) is 6.69. The Balaban J connectivity index is 2.92. The molecule has 0 aliphatic carbocycles. The van der Waals surface area contributed by atoms with Crippen LogP contribution in [0.25, 0.3) is 0 Å². The van der Waals surface area contributed by atoms with E-state index in [0.29, 0.717) is 0 Å². The third-order valence-electron chi connectivity index (χ3n) is 1.69. The Morgan fingerprint density at radius 2 is 2.29 bits per heavy atom. The Morgan fingerprint density at radius 3 is 2.86 bits per heavy atom. The number of carbonyl (C=O) groups excluding carboxylic acids is 1. The van der Waals surface area contributed by atoms with Gasteiger partial charge in [0.25, 0.3) is 0 Å². The fourth-order valence-electron chi connectivity index (χ4n) is 0.957. The highest BCUT2D eigenvalue weighted by atomic mass is 19.1. The van der Waals surface area contributed by atoms with E-state index < -0.39 is 11.8 Å². The summed E-state index contributed by atoms with van der Waals surface area (Å²) >= 11 is 0. The highest BCUT2D eigenvalue weighted by Crippen LogP contribution is 2.18. The number of esters is 1. The van der Waals surface area contributed by atoms with Crippen LogP contribution >= 0.6 is 0 Å². The fraction of sp³-hybridized carbons (Fsp3) is 0.333. The van der Waals surface area contributed by atoms with Crippen molar-refractivity contribution in [3.05, 3.63) is 23.8 Å². The highest BCUT2D eigenvalue weighted by Gasteiger charge is 2.13. The third-order valence-corrected chi connectivity index (χ3v) is 1.69. The van der Waals surface area contributed by atoms with Crippen molar-refractivity contribution >= 4 is 5.97 Å². The van der Waals surface area contributed by atoms with Crippen LogP contribution in [0.5, 0.6) is 5.75 Å². The van der Waals surface area contributed by atoms with Crippen LogP contribution in [0.1, 0.15) is 5.69 Å². The van der Waals surface area contributed by atoms with Gasteiger partial charge < -0.3 is 9.47 Å². The number of hydrogen-bond donors (Lipinski definition) is 0. The van der Waals surface area contributed by atoms with Crippen molar-refractivity contribution in [2.24, 2.45) is 0 Å². The van der Waals surface area contributed by atoms with Gasteiger partial charge in [0.05, 0.1) is 26.3 Å². The van der Waals surface area contributed by atoms with E-state index in [-0.39, 0.29) is 17.9 Å². The molecule has 0 amide bonds. The fourth-order valence-corrected chi connectivity index (χ4v) is 0.957. The SMILES string of the molecule is COC(=O)Cc1nccc(OC)c1F. The highest BCUT2D eigenvalue weighted by molar-refractivity contribution is 5.72. The van der Waals surface area contributed by atoms with Gasteiger partial charge in [0, 0.05) is 12.3 Å². The minimum absolute atomic E-state index is 0.0243. The summed E-state index contributed by atoms with van der Waals surface area (Å²) in [6, 6.07) is 1.39. The van der Waals surface area contributed by atoms with Gasteiger partial charge in [-0.1, -0.05) is 0 Å².